The van der Waals surface area contributed by atoms with E-state index in [0.29, 0.717) is 15.6 Å². The minimum Gasteiger partial charge on any atom is -0.494 e. The number of H-pyrrole nitrogens is 1. The van der Waals surface area contributed by atoms with E-state index in [4.69, 9.17) is 4.74 Å². The van der Waals surface area contributed by atoms with E-state index in [-0.39, 0.29) is 10.3 Å². The average molecular weight is 480 g/mol. The van der Waals surface area contributed by atoms with E-state index >= 15 is 0 Å². The summed E-state index contributed by atoms with van der Waals surface area (Å²) in [7, 11) is 0. The van der Waals surface area contributed by atoms with E-state index in [1.807, 2.05) is 37.3 Å². The number of pyridine rings is 1. The summed E-state index contributed by atoms with van der Waals surface area (Å²) < 4.78 is 6.77. The topological polar surface area (TPSA) is 42.1 Å². The number of ether oxygens (including phenoxy) is 1. The second kappa shape index (κ2) is 7.61. The van der Waals surface area contributed by atoms with Gasteiger partial charge in [-0.2, -0.15) is 0 Å². The van der Waals surface area contributed by atoms with Gasteiger partial charge in [0.2, 0.25) is 5.43 Å². The molecule has 1 aromatic carbocycles. The van der Waals surface area contributed by atoms with Gasteiger partial charge in [-0.1, -0.05) is 34.1 Å². The lowest BCUT2D eigenvalue weighted by Crippen LogP contribution is -2.13. The first kappa shape index (κ1) is 16.8. The molecule has 2 rings (SSSR count). The van der Waals surface area contributed by atoms with Crippen LogP contribution in [0.4, 0.5) is 0 Å². The molecule has 1 unspecified atom stereocenters. The molecule has 0 bridgehead atoms. The molecular weight excluding hydrogens is 466 g/mol. The standard InChI is InChI=1S/C15H14Br3NO2/c1-9-12(17)15(20)13(18)14(19-9)11(16)7-8-21-10-5-3-2-4-6-10/h2-6,11H,7-8H2,1H3,(H,19,20). The van der Waals surface area contributed by atoms with Crippen molar-refractivity contribution in [2.24, 2.45) is 0 Å². The van der Waals surface area contributed by atoms with Gasteiger partial charge in [0.05, 0.1) is 20.4 Å². The molecule has 0 amide bonds. The monoisotopic (exact) mass is 477 g/mol. The molecule has 112 valence electrons. The van der Waals surface area contributed by atoms with Crippen LogP contribution in [-0.4, -0.2) is 11.6 Å². The summed E-state index contributed by atoms with van der Waals surface area (Å²) in [6.45, 7) is 2.42. The Morgan fingerprint density at radius 3 is 2.52 bits per heavy atom. The summed E-state index contributed by atoms with van der Waals surface area (Å²) in [5.41, 5.74) is 1.60. The molecule has 1 atom stereocenters. The Hall–Kier alpha value is -0.590. The second-order valence-corrected chi connectivity index (χ2v) is 7.23. The smallest absolute Gasteiger partial charge is 0.210 e. The Bertz CT molecular complexity index is 671. The molecule has 0 spiro atoms. The highest BCUT2D eigenvalue weighted by Crippen LogP contribution is 2.30. The van der Waals surface area contributed by atoms with Crippen molar-refractivity contribution in [3.8, 4) is 5.75 Å². The summed E-state index contributed by atoms with van der Waals surface area (Å²) in [5.74, 6) is 0.844. The number of para-hydroxylation sites is 1. The van der Waals surface area contributed by atoms with Crippen LogP contribution in [0.1, 0.15) is 22.6 Å². The van der Waals surface area contributed by atoms with Gasteiger partial charge in [-0.25, -0.2) is 0 Å². The van der Waals surface area contributed by atoms with E-state index in [1.165, 1.54) is 0 Å². The number of rotatable bonds is 5. The largest absolute Gasteiger partial charge is 0.494 e. The third-order valence-electron chi connectivity index (χ3n) is 2.98. The number of aryl methyl sites for hydroxylation is 1. The van der Waals surface area contributed by atoms with Gasteiger partial charge in [-0.05, 0) is 57.3 Å². The molecule has 6 heteroatoms. The van der Waals surface area contributed by atoms with Gasteiger partial charge >= 0.3 is 0 Å². The van der Waals surface area contributed by atoms with Crippen molar-refractivity contribution >= 4 is 47.8 Å². The van der Waals surface area contributed by atoms with Crippen LogP contribution < -0.4 is 10.2 Å². The number of alkyl halides is 1. The molecule has 3 nitrogen and oxygen atoms in total. The van der Waals surface area contributed by atoms with Gasteiger partial charge in [-0.3, -0.25) is 4.79 Å². The Balaban J connectivity index is 2.04. The number of nitrogens with one attached hydrogen (secondary N) is 1. The van der Waals surface area contributed by atoms with E-state index in [2.05, 4.69) is 52.8 Å². The number of hydrogen-bond acceptors (Lipinski definition) is 2. The van der Waals surface area contributed by atoms with Crippen molar-refractivity contribution in [2.45, 2.75) is 18.2 Å². The lowest BCUT2D eigenvalue weighted by atomic mass is 10.2. The summed E-state index contributed by atoms with van der Waals surface area (Å²) >= 11 is 10.2. The molecule has 0 saturated carbocycles. The zero-order valence-electron chi connectivity index (χ0n) is 11.3. The Morgan fingerprint density at radius 2 is 1.86 bits per heavy atom. The maximum Gasteiger partial charge on any atom is 0.210 e. The highest BCUT2D eigenvalue weighted by molar-refractivity contribution is 9.11. The molecule has 1 aromatic heterocycles. The Kier molecular flexibility index (Phi) is 6.08. The van der Waals surface area contributed by atoms with Gasteiger partial charge in [0.25, 0.3) is 0 Å². The molecule has 0 aliphatic rings. The fourth-order valence-electron chi connectivity index (χ4n) is 1.86. The molecule has 1 N–H and O–H groups in total. The van der Waals surface area contributed by atoms with Crippen molar-refractivity contribution < 1.29 is 4.74 Å². The van der Waals surface area contributed by atoms with E-state index in [0.717, 1.165) is 23.6 Å². The maximum absolute atomic E-state index is 12.0. The molecule has 0 fully saturated rings. The molecule has 0 aliphatic carbocycles. The minimum absolute atomic E-state index is 0.00934. The number of hydrogen-bond donors (Lipinski definition) is 1. The van der Waals surface area contributed by atoms with Crippen LogP contribution in [0.25, 0.3) is 0 Å². The zero-order chi connectivity index (χ0) is 15.4. The molecule has 2 aromatic rings. The molecule has 0 aliphatic heterocycles. The number of aromatic amines is 1. The Labute approximate surface area is 148 Å². The lowest BCUT2D eigenvalue weighted by Gasteiger charge is -2.14. The first-order chi connectivity index (χ1) is 10.0. The van der Waals surface area contributed by atoms with Crippen molar-refractivity contribution in [3.05, 3.63) is 60.9 Å². The number of aromatic nitrogens is 1. The summed E-state index contributed by atoms with van der Waals surface area (Å²) in [5, 5.41) is 0. The fourth-order valence-corrected chi connectivity index (χ4v) is 3.83. The predicted octanol–water partition coefficient (Wildman–Crippen LogP) is 5.11. The van der Waals surface area contributed by atoms with Crippen LogP contribution in [0, 0.1) is 6.92 Å². The maximum atomic E-state index is 12.0. The summed E-state index contributed by atoms with van der Waals surface area (Å²) in [6, 6.07) is 9.67. The van der Waals surface area contributed by atoms with Gasteiger partial charge in [0.1, 0.15) is 5.75 Å². The predicted molar refractivity (Wildman–Crippen MR) is 95.4 cm³/mol. The summed E-state index contributed by atoms with van der Waals surface area (Å²) in [6.07, 6.45) is 0.741. The molecule has 0 saturated heterocycles. The van der Waals surface area contributed by atoms with Crippen LogP contribution in [-0.2, 0) is 0 Å². The van der Waals surface area contributed by atoms with Gasteiger partial charge in [0.15, 0.2) is 0 Å². The average Bonchev–Trinajstić information content (AvgIpc) is 2.49. The van der Waals surface area contributed by atoms with E-state index < -0.39 is 0 Å². The molecule has 1 heterocycles. The van der Waals surface area contributed by atoms with Crippen LogP contribution in [0.15, 0.2) is 44.1 Å². The fraction of sp³-hybridized carbons (Fsp3) is 0.267. The van der Waals surface area contributed by atoms with Crippen molar-refractivity contribution in [2.75, 3.05) is 6.61 Å². The Morgan fingerprint density at radius 1 is 1.19 bits per heavy atom. The highest BCUT2D eigenvalue weighted by atomic mass is 79.9. The second-order valence-electron chi connectivity index (χ2n) is 4.54. The zero-order valence-corrected chi connectivity index (χ0v) is 16.1. The number of halogens is 3. The summed E-state index contributed by atoms with van der Waals surface area (Å²) in [4.78, 5) is 15.3. The van der Waals surface area contributed by atoms with Crippen LogP contribution in [0.5, 0.6) is 5.75 Å². The van der Waals surface area contributed by atoms with Crippen molar-refractivity contribution in [3.63, 3.8) is 0 Å². The van der Waals surface area contributed by atoms with Crippen molar-refractivity contribution in [1.29, 1.82) is 0 Å². The number of benzene rings is 1. The first-order valence-electron chi connectivity index (χ1n) is 6.40. The third-order valence-corrected chi connectivity index (χ3v) is 5.64. The highest BCUT2D eigenvalue weighted by Gasteiger charge is 2.17. The SMILES string of the molecule is Cc1[nH]c(C(Br)CCOc2ccccc2)c(Br)c(=O)c1Br. The normalized spacial score (nSPS) is 12.2. The third kappa shape index (κ3) is 4.20. The first-order valence-corrected chi connectivity index (χ1v) is 8.90. The van der Waals surface area contributed by atoms with Crippen LogP contribution >= 0.6 is 47.8 Å². The lowest BCUT2D eigenvalue weighted by molar-refractivity contribution is 0.310. The van der Waals surface area contributed by atoms with Gasteiger partial charge < -0.3 is 9.72 Å². The van der Waals surface area contributed by atoms with Crippen LogP contribution in [0.2, 0.25) is 0 Å². The minimum atomic E-state index is -0.0466. The van der Waals surface area contributed by atoms with Gasteiger partial charge in [0, 0.05) is 11.4 Å². The van der Waals surface area contributed by atoms with E-state index in [9.17, 15) is 4.79 Å². The van der Waals surface area contributed by atoms with E-state index in [1.54, 1.807) is 0 Å². The van der Waals surface area contributed by atoms with Crippen LogP contribution in [0.3, 0.4) is 0 Å². The van der Waals surface area contributed by atoms with Crippen molar-refractivity contribution in [1.82, 2.24) is 4.98 Å². The molecule has 0 radical (unpaired) electrons. The quantitative estimate of drug-likeness (QED) is 0.605. The van der Waals surface area contributed by atoms with Gasteiger partial charge in [-0.15, -0.1) is 0 Å². The molecule has 21 heavy (non-hydrogen) atoms. The molecular formula is C15H14Br3NO2.